The average molecular weight is 678 g/mol. The second kappa shape index (κ2) is 9.49. The van der Waals surface area contributed by atoms with Crippen LogP contribution >= 0.6 is 0 Å². The van der Waals surface area contributed by atoms with Gasteiger partial charge in [0.05, 0.1) is 0 Å². The minimum absolute atomic E-state index is 0.666. The average Bonchev–Trinajstić information content (AvgIpc) is 2.71. The Hall–Kier alpha value is -1.53. The maximum atomic E-state index is 13.6. The van der Waals surface area contributed by atoms with Crippen molar-refractivity contribution in [2.75, 3.05) is 0 Å². The molecule has 0 spiro atoms. The van der Waals surface area contributed by atoms with Crippen molar-refractivity contribution >= 4 is 10.2 Å². The summed E-state index contributed by atoms with van der Waals surface area (Å²) >= 11 is 0. The van der Waals surface area contributed by atoms with Gasteiger partial charge in [-0.2, -0.15) is 110 Å². The van der Waals surface area contributed by atoms with Crippen LogP contribution in [0.15, 0.2) is 0 Å². The Balaban J connectivity index is 7.30. The summed E-state index contributed by atoms with van der Waals surface area (Å²) in [6.45, 7) is 0. The summed E-state index contributed by atoms with van der Waals surface area (Å²) in [6, 6.07) is -1.28. The molecule has 242 valence electrons. The van der Waals surface area contributed by atoms with E-state index in [1.165, 1.54) is 0 Å². The normalized spacial score (nSPS) is 17.0. The molecule has 0 radical (unpaired) electrons. The fourth-order valence-corrected chi connectivity index (χ4v) is 3.08. The Morgan fingerprint density at radius 3 is 0.625 bits per heavy atom. The molecule has 0 bridgehead atoms. The topological polar surface area (TPSA) is 0 Å². The number of hydrogen-bond acceptors (Lipinski definition) is 0. The largest absolute Gasteiger partial charge is 0.460 e. The second-order valence-electron chi connectivity index (χ2n) is 7.70. The van der Waals surface area contributed by atoms with E-state index in [0.29, 0.717) is 0 Å². The molecule has 0 aliphatic rings. The van der Waals surface area contributed by atoms with Gasteiger partial charge in [0.25, 0.3) is 0 Å². The molecule has 40 heavy (non-hydrogen) atoms. The van der Waals surface area contributed by atoms with E-state index in [4.69, 9.17) is 0 Å². The van der Waals surface area contributed by atoms with Crippen molar-refractivity contribution in [2.24, 2.45) is 0 Å². The molecule has 0 saturated carbocycles. The molecule has 0 rings (SSSR count). The lowest BCUT2D eigenvalue weighted by Gasteiger charge is -2.45. The highest BCUT2D eigenvalue weighted by Gasteiger charge is 2.99. The van der Waals surface area contributed by atoms with Crippen molar-refractivity contribution in [1.29, 1.82) is 0 Å². The zero-order valence-electron chi connectivity index (χ0n) is 17.9. The van der Waals surface area contributed by atoms with Gasteiger partial charge >= 0.3 is 71.3 Å². The summed E-state index contributed by atoms with van der Waals surface area (Å²) in [5.74, 6) is -97.4. The number of halogens is 25. The monoisotopic (exact) mass is 678 g/mol. The van der Waals surface area contributed by atoms with Crippen molar-refractivity contribution in [3.05, 3.63) is 0 Å². The van der Waals surface area contributed by atoms with Crippen LogP contribution in [-0.4, -0.2) is 81.6 Å². The van der Waals surface area contributed by atoms with Gasteiger partial charge in [0.1, 0.15) is 0 Å². The van der Waals surface area contributed by atoms with Gasteiger partial charge in [0.2, 0.25) is 0 Å². The van der Waals surface area contributed by atoms with E-state index < -0.39 is 94.0 Å². The molecule has 0 nitrogen and oxygen atoms in total. The van der Waals surface area contributed by atoms with Gasteiger partial charge < -0.3 is 0 Å². The van der Waals surface area contributed by atoms with Gasteiger partial charge in [0, 0.05) is 16.7 Å². The van der Waals surface area contributed by atoms with Gasteiger partial charge in [-0.15, -0.1) is 0 Å². The Morgan fingerprint density at radius 2 is 0.450 bits per heavy atom. The predicted octanol–water partition coefficient (Wildman–Crippen LogP) is 7.71. The molecule has 26 heteroatoms. The molecule has 0 unspecified atom stereocenters. The van der Waals surface area contributed by atoms with Crippen molar-refractivity contribution in [3.8, 4) is 0 Å². The molecule has 0 aliphatic carbocycles. The zero-order chi connectivity index (χ0) is 33.4. The van der Waals surface area contributed by atoms with E-state index in [1.807, 2.05) is 0 Å². The van der Waals surface area contributed by atoms with Gasteiger partial charge in [0.15, 0.2) is 0 Å². The summed E-state index contributed by atoms with van der Waals surface area (Å²) in [4.78, 5) is 0. The second-order valence-corrected chi connectivity index (χ2v) is 8.70. The van der Waals surface area contributed by atoms with Crippen molar-refractivity contribution < 1.29 is 110 Å². The van der Waals surface area contributed by atoms with E-state index in [1.54, 1.807) is 0 Å². The molecule has 0 aromatic rings. The molecular formula is C14H7F25Si. The quantitative estimate of drug-likeness (QED) is 0.147. The SMILES string of the molecule is FC(F)(F)C(F)(F)C(F)(F)C(F)(F)C(F)(F)C(F)(F)C(F)(F)C(F)(F)C(F)(F)C(F)(F)C(F)(F)C(F)(F)CC[SiH3]. The Morgan fingerprint density at radius 1 is 0.275 bits per heavy atom. The standard InChI is InChI=1S/C14H7F25Si/c15-3(16,1-2-40)4(17,18)5(19,20)6(21,22)7(23,24)8(25,26)9(27,28)10(29,30)11(31,32)12(33,34)13(35,36)14(37,38)39/h1-2H2,40H3. The fourth-order valence-electron chi connectivity index (χ4n) is 2.46. The summed E-state index contributed by atoms with van der Waals surface area (Å²) in [5.41, 5.74) is 0. The van der Waals surface area contributed by atoms with Gasteiger partial charge in [-0.3, -0.25) is 0 Å². The highest BCUT2D eigenvalue weighted by atomic mass is 28.1. The molecular weight excluding hydrogens is 671 g/mol. The van der Waals surface area contributed by atoms with E-state index in [2.05, 4.69) is 0 Å². The molecule has 0 saturated heterocycles. The molecule has 0 N–H and O–H groups in total. The highest BCUT2D eigenvalue weighted by Crippen LogP contribution is 2.67. The van der Waals surface area contributed by atoms with Crippen molar-refractivity contribution in [1.82, 2.24) is 0 Å². The van der Waals surface area contributed by atoms with Crippen LogP contribution in [0.2, 0.25) is 6.04 Å². The summed E-state index contributed by atoms with van der Waals surface area (Å²) < 4.78 is 330. The van der Waals surface area contributed by atoms with Crippen LogP contribution in [0.5, 0.6) is 0 Å². The van der Waals surface area contributed by atoms with Crippen LogP contribution in [0.25, 0.3) is 0 Å². The number of hydrogen-bond donors (Lipinski definition) is 0. The van der Waals surface area contributed by atoms with Crippen LogP contribution in [0.4, 0.5) is 110 Å². The van der Waals surface area contributed by atoms with Crippen LogP contribution in [0.3, 0.4) is 0 Å². The lowest BCUT2D eigenvalue weighted by atomic mass is 9.84. The third-order valence-corrected chi connectivity index (χ3v) is 5.43. The van der Waals surface area contributed by atoms with Crippen LogP contribution in [0.1, 0.15) is 6.42 Å². The molecule has 0 heterocycles. The van der Waals surface area contributed by atoms with Crippen molar-refractivity contribution in [3.63, 3.8) is 0 Å². The first-order chi connectivity index (χ1) is 16.8. The zero-order valence-corrected chi connectivity index (χ0v) is 19.9. The molecule has 0 fully saturated rings. The third kappa shape index (κ3) is 4.46. The molecule has 0 aromatic carbocycles. The number of rotatable bonds is 12. The molecule has 0 aliphatic heterocycles. The third-order valence-electron chi connectivity index (χ3n) is 4.93. The maximum absolute atomic E-state index is 13.6. The molecule has 0 amide bonds. The Labute approximate surface area is 205 Å². The Kier molecular flexibility index (Phi) is 9.12. The van der Waals surface area contributed by atoms with E-state index in [0.717, 1.165) is 0 Å². The first-order valence-corrected chi connectivity index (χ1v) is 10.4. The Bertz CT molecular complexity index is 909. The summed E-state index contributed by atoms with van der Waals surface area (Å²) in [7, 11) is -0.666. The van der Waals surface area contributed by atoms with E-state index >= 15 is 0 Å². The first-order valence-electron chi connectivity index (χ1n) is 9.04. The maximum Gasteiger partial charge on any atom is 0.460 e. The van der Waals surface area contributed by atoms with Crippen LogP contribution in [-0.2, 0) is 0 Å². The summed E-state index contributed by atoms with van der Waals surface area (Å²) in [6.07, 6.45) is -10.8. The molecule has 0 aromatic heterocycles. The van der Waals surface area contributed by atoms with Crippen LogP contribution in [0, 0.1) is 0 Å². The smallest absolute Gasteiger partial charge is 0.200 e. The lowest BCUT2D eigenvalue weighted by Crippen LogP contribution is -2.78. The van der Waals surface area contributed by atoms with Crippen LogP contribution < -0.4 is 0 Å². The number of alkyl halides is 25. The summed E-state index contributed by atoms with van der Waals surface area (Å²) in [5, 5.41) is 0. The minimum atomic E-state index is -9.55. The highest BCUT2D eigenvalue weighted by molar-refractivity contribution is 6.08. The minimum Gasteiger partial charge on any atom is -0.200 e. The fraction of sp³-hybridized carbons (Fsp3) is 1.00. The van der Waals surface area contributed by atoms with Gasteiger partial charge in [-0.25, -0.2) is 0 Å². The molecule has 0 atom stereocenters. The van der Waals surface area contributed by atoms with Gasteiger partial charge in [-0.05, 0) is 0 Å². The van der Waals surface area contributed by atoms with Gasteiger partial charge in [-0.1, -0.05) is 6.04 Å². The van der Waals surface area contributed by atoms with Crippen molar-refractivity contribution in [2.45, 2.75) is 83.8 Å². The first kappa shape index (κ1) is 38.5. The lowest BCUT2D eigenvalue weighted by molar-refractivity contribution is -0.482. The predicted molar refractivity (Wildman–Crippen MR) is 79.8 cm³/mol. The van der Waals surface area contributed by atoms with E-state index in [9.17, 15) is 110 Å². The van der Waals surface area contributed by atoms with E-state index in [-0.39, 0.29) is 0 Å².